The zero-order chi connectivity index (χ0) is 11.4. The molecule has 0 aromatic carbocycles. The molecule has 2 aliphatic rings. The third-order valence-corrected chi connectivity index (χ3v) is 4.21. The van der Waals surface area contributed by atoms with Crippen molar-refractivity contribution in [2.45, 2.75) is 38.2 Å². The van der Waals surface area contributed by atoms with Gasteiger partial charge in [0.05, 0.1) is 5.60 Å². The molecule has 0 bridgehead atoms. The number of hydrogen-bond donors (Lipinski definition) is 1. The Labute approximate surface area is 99.5 Å². The van der Waals surface area contributed by atoms with E-state index in [-0.39, 0.29) is 5.60 Å². The minimum atomic E-state index is 0.102. The molecular weight excluding hydrogens is 200 g/mol. The number of piperidine rings is 2. The highest BCUT2D eigenvalue weighted by Gasteiger charge is 2.31. The fraction of sp³-hybridized carbons (Fsp3) is 1.00. The van der Waals surface area contributed by atoms with Gasteiger partial charge in [-0.15, -0.1) is 0 Å². The van der Waals surface area contributed by atoms with Gasteiger partial charge in [0, 0.05) is 20.2 Å². The van der Waals surface area contributed by atoms with Crippen molar-refractivity contribution >= 4 is 0 Å². The zero-order valence-corrected chi connectivity index (χ0v) is 10.8. The number of nitrogens with one attached hydrogen (secondary N) is 1. The SMILES string of the molecule is COC1(C)CCCN(CC2CCNCC2)C1. The van der Waals surface area contributed by atoms with Gasteiger partial charge in [-0.25, -0.2) is 0 Å². The van der Waals surface area contributed by atoms with Gasteiger partial charge in [0.15, 0.2) is 0 Å². The molecule has 3 nitrogen and oxygen atoms in total. The van der Waals surface area contributed by atoms with Gasteiger partial charge >= 0.3 is 0 Å². The molecule has 0 spiro atoms. The average Bonchev–Trinajstić information content (AvgIpc) is 2.30. The van der Waals surface area contributed by atoms with Crippen LogP contribution < -0.4 is 5.32 Å². The summed E-state index contributed by atoms with van der Waals surface area (Å²) >= 11 is 0. The maximum atomic E-state index is 5.64. The molecule has 0 aliphatic carbocycles. The number of likely N-dealkylation sites (tertiary alicyclic amines) is 1. The van der Waals surface area contributed by atoms with Gasteiger partial charge in [-0.05, 0) is 58.2 Å². The number of hydrogen-bond acceptors (Lipinski definition) is 3. The summed E-state index contributed by atoms with van der Waals surface area (Å²) in [6, 6.07) is 0. The second-order valence-corrected chi connectivity index (χ2v) is 5.69. The van der Waals surface area contributed by atoms with Crippen LogP contribution in [0.15, 0.2) is 0 Å². The van der Waals surface area contributed by atoms with Crippen LogP contribution in [0.2, 0.25) is 0 Å². The first-order chi connectivity index (χ1) is 7.72. The van der Waals surface area contributed by atoms with Crippen LogP contribution in [0.25, 0.3) is 0 Å². The molecule has 1 N–H and O–H groups in total. The monoisotopic (exact) mass is 226 g/mol. The number of rotatable bonds is 3. The van der Waals surface area contributed by atoms with Crippen LogP contribution in [0.1, 0.15) is 32.6 Å². The Morgan fingerprint density at radius 2 is 2.12 bits per heavy atom. The molecule has 0 radical (unpaired) electrons. The predicted octanol–water partition coefficient (Wildman–Crippen LogP) is 1.49. The molecule has 2 rings (SSSR count). The number of nitrogens with zero attached hydrogens (tertiary/aromatic N) is 1. The Morgan fingerprint density at radius 3 is 2.81 bits per heavy atom. The lowest BCUT2D eigenvalue weighted by Gasteiger charge is -2.41. The highest BCUT2D eigenvalue weighted by atomic mass is 16.5. The van der Waals surface area contributed by atoms with Crippen LogP contribution in [-0.4, -0.2) is 50.3 Å². The summed E-state index contributed by atoms with van der Waals surface area (Å²) in [7, 11) is 1.86. The lowest BCUT2D eigenvalue weighted by atomic mass is 9.92. The van der Waals surface area contributed by atoms with E-state index in [1.165, 1.54) is 51.9 Å². The van der Waals surface area contributed by atoms with E-state index >= 15 is 0 Å². The summed E-state index contributed by atoms with van der Waals surface area (Å²) in [6.45, 7) is 8.33. The van der Waals surface area contributed by atoms with E-state index in [2.05, 4.69) is 17.1 Å². The molecule has 0 amide bonds. The van der Waals surface area contributed by atoms with E-state index in [9.17, 15) is 0 Å². The highest BCUT2D eigenvalue weighted by Crippen LogP contribution is 2.25. The predicted molar refractivity (Wildman–Crippen MR) is 66.7 cm³/mol. The van der Waals surface area contributed by atoms with E-state index in [0.717, 1.165) is 12.5 Å². The Kier molecular flexibility index (Phi) is 4.22. The van der Waals surface area contributed by atoms with Gasteiger partial charge in [0.25, 0.3) is 0 Å². The van der Waals surface area contributed by atoms with E-state index in [1.807, 2.05) is 7.11 Å². The minimum absolute atomic E-state index is 0.102. The van der Waals surface area contributed by atoms with E-state index in [0.29, 0.717) is 0 Å². The van der Waals surface area contributed by atoms with Crippen molar-refractivity contribution in [2.24, 2.45) is 5.92 Å². The fourth-order valence-corrected chi connectivity index (χ4v) is 3.06. The van der Waals surface area contributed by atoms with Gasteiger partial charge in [-0.2, -0.15) is 0 Å². The largest absolute Gasteiger partial charge is 0.377 e. The smallest absolute Gasteiger partial charge is 0.0777 e. The van der Waals surface area contributed by atoms with Gasteiger partial charge in [-0.3, -0.25) is 0 Å². The van der Waals surface area contributed by atoms with E-state index in [4.69, 9.17) is 4.74 Å². The second-order valence-electron chi connectivity index (χ2n) is 5.69. The standard InChI is InChI=1S/C13H26N2O/c1-13(16-2)6-3-9-15(11-13)10-12-4-7-14-8-5-12/h12,14H,3-11H2,1-2H3. The topological polar surface area (TPSA) is 24.5 Å². The highest BCUT2D eigenvalue weighted by molar-refractivity contribution is 4.86. The first kappa shape index (κ1) is 12.3. The quantitative estimate of drug-likeness (QED) is 0.789. The van der Waals surface area contributed by atoms with Crippen molar-refractivity contribution in [3.8, 4) is 0 Å². The molecule has 0 aromatic rings. The van der Waals surface area contributed by atoms with Crippen LogP contribution >= 0.6 is 0 Å². The summed E-state index contributed by atoms with van der Waals surface area (Å²) in [5, 5.41) is 3.44. The van der Waals surface area contributed by atoms with E-state index < -0.39 is 0 Å². The molecule has 2 saturated heterocycles. The molecule has 1 unspecified atom stereocenters. The van der Waals surface area contributed by atoms with E-state index in [1.54, 1.807) is 0 Å². The molecular formula is C13H26N2O. The maximum absolute atomic E-state index is 5.64. The Morgan fingerprint density at radius 1 is 1.38 bits per heavy atom. The van der Waals surface area contributed by atoms with Crippen molar-refractivity contribution in [3.63, 3.8) is 0 Å². The Bertz CT molecular complexity index is 216. The van der Waals surface area contributed by atoms with Gasteiger partial charge in [-0.1, -0.05) is 0 Å². The zero-order valence-electron chi connectivity index (χ0n) is 10.8. The van der Waals surface area contributed by atoms with Gasteiger partial charge in [0.1, 0.15) is 0 Å². The van der Waals surface area contributed by atoms with Crippen molar-refractivity contribution in [1.82, 2.24) is 10.2 Å². The van der Waals surface area contributed by atoms with Crippen molar-refractivity contribution in [1.29, 1.82) is 0 Å². The number of ether oxygens (including phenoxy) is 1. The molecule has 94 valence electrons. The van der Waals surface area contributed by atoms with Crippen molar-refractivity contribution in [3.05, 3.63) is 0 Å². The molecule has 3 heteroatoms. The van der Waals surface area contributed by atoms with Crippen LogP contribution in [0.5, 0.6) is 0 Å². The maximum Gasteiger partial charge on any atom is 0.0777 e. The van der Waals surface area contributed by atoms with Crippen molar-refractivity contribution < 1.29 is 4.74 Å². The molecule has 2 fully saturated rings. The second kappa shape index (κ2) is 5.48. The van der Waals surface area contributed by atoms with Crippen LogP contribution in [0, 0.1) is 5.92 Å². The van der Waals surface area contributed by atoms with Crippen LogP contribution in [0.3, 0.4) is 0 Å². The first-order valence-corrected chi connectivity index (χ1v) is 6.70. The molecule has 2 aliphatic heterocycles. The molecule has 16 heavy (non-hydrogen) atoms. The molecule has 2 heterocycles. The van der Waals surface area contributed by atoms with Crippen molar-refractivity contribution in [2.75, 3.05) is 39.8 Å². The molecule has 1 atom stereocenters. The first-order valence-electron chi connectivity index (χ1n) is 6.70. The van der Waals surface area contributed by atoms with Crippen LogP contribution in [-0.2, 0) is 4.74 Å². The third kappa shape index (κ3) is 3.19. The summed E-state index contributed by atoms with van der Waals surface area (Å²) in [4.78, 5) is 2.61. The molecule has 0 saturated carbocycles. The summed E-state index contributed by atoms with van der Waals surface area (Å²) in [5.41, 5.74) is 0.102. The lowest BCUT2D eigenvalue weighted by Crippen LogP contribution is -2.49. The minimum Gasteiger partial charge on any atom is -0.377 e. The van der Waals surface area contributed by atoms with Gasteiger partial charge < -0.3 is 15.0 Å². The van der Waals surface area contributed by atoms with Crippen LogP contribution in [0.4, 0.5) is 0 Å². The summed E-state index contributed by atoms with van der Waals surface area (Å²) in [6.07, 6.45) is 5.20. The molecule has 0 aromatic heterocycles. The average molecular weight is 226 g/mol. The normalized spacial score (nSPS) is 34.1. The fourth-order valence-electron chi connectivity index (χ4n) is 3.06. The summed E-state index contributed by atoms with van der Waals surface area (Å²) < 4.78 is 5.64. The Hall–Kier alpha value is -0.120. The Balaban J connectivity index is 1.80. The number of methoxy groups -OCH3 is 1. The lowest BCUT2D eigenvalue weighted by molar-refractivity contribution is -0.0543. The van der Waals surface area contributed by atoms with Gasteiger partial charge in [0.2, 0.25) is 0 Å². The third-order valence-electron chi connectivity index (χ3n) is 4.21. The summed E-state index contributed by atoms with van der Waals surface area (Å²) in [5.74, 6) is 0.903.